The summed E-state index contributed by atoms with van der Waals surface area (Å²) in [7, 11) is 0. The minimum Gasteiger partial charge on any atom is -0.486 e. The normalized spacial score (nSPS) is 20.4. The summed E-state index contributed by atoms with van der Waals surface area (Å²) < 4.78 is 11.1. The van der Waals surface area contributed by atoms with E-state index >= 15 is 0 Å². The van der Waals surface area contributed by atoms with Crippen LogP contribution in [0.1, 0.15) is 24.4 Å². The highest BCUT2D eigenvalue weighted by Gasteiger charge is 2.24. The summed E-state index contributed by atoms with van der Waals surface area (Å²) in [5.74, 6) is 1.54. The number of nitrogens with zero attached hydrogens (tertiary/aromatic N) is 2. The minimum atomic E-state index is -0.164. The van der Waals surface area contributed by atoms with Crippen molar-refractivity contribution in [2.24, 2.45) is 0 Å². The van der Waals surface area contributed by atoms with Gasteiger partial charge in [-0.1, -0.05) is 6.07 Å². The van der Waals surface area contributed by atoms with Crippen LogP contribution >= 0.6 is 0 Å². The van der Waals surface area contributed by atoms with Crippen LogP contribution in [-0.4, -0.2) is 31.2 Å². The molecule has 1 aromatic carbocycles. The quantitative estimate of drug-likeness (QED) is 0.799. The van der Waals surface area contributed by atoms with E-state index in [1.54, 1.807) is 0 Å². The lowest BCUT2D eigenvalue weighted by molar-refractivity contribution is 0.171. The molecule has 94 valence electrons. The molecular weight excluding hydrogens is 228 g/mol. The van der Waals surface area contributed by atoms with Gasteiger partial charge in [-0.2, -0.15) is 5.26 Å². The maximum Gasteiger partial charge on any atom is 0.161 e. The fraction of sp³-hybridized carbons (Fsp3) is 0.500. The van der Waals surface area contributed by atoms with Gasteiger partial charge in [-0.3, -0.25) is 4.90 Å². The summed E-state index contributed by atoms with van der Waals surface area (Å²) in [6, 6.07) is 8.06. The lowest BCUT2D eigenvalue weighted by Gasteiger charge is -2.24. The van der Waals surface area contributed by atoms with Crippen molar-refractivity contribution in [2.45, 2.75) is 18.9 Å². The van der Waals surface area contributed by atoms with Gasteiger partial charge in [0, 0.05) is 0 Å². The average molecular weight is 244 g/mol. The molecule has 0 bridgehead atoms. The van der Waals surface area contributed by atoms with Gasteiger partial charge in [0.05, 0.1) is 6.07 Å². The van der Waals surface area contributed by atoms with E-state index in [2.05, 4.69) is 11.0 Å². The minimum absolute atomic E-state index is 0.164. The van der Waals surface area contributed by atoms with Crippen molar-refractivity contribution in [3.05, 3.63) is 23.8 Å². The predicted octanol–water partition coefficient (Wildman–Crippen LogP) is 2.12. The van der Waals surface area contributed by atoms with Crippen molar-refractivity contribution in [3.8, 4) is 17.6 Å². The first-order valence-corrected chi connectivity index (χ1v) is 6.42. The Bertz CT molecular complexity index is 475. The van der Waals surface area contributed by atoms with E-state index in [4.69, 9.17) is 9.47 Å². The number of ether oxygens (including phenoxy) is 2. The molecule has 1 unspecified atom stereocenters. The van der Waals surface area contributed by atoms with Crippen LogP contribution in [0.4, 0.5) is 0 Å². The van der Waals surface area contributed by atoms with Gasteiger partial charge < -0.3 is 9.47 Å². The Morgan fingerprint density at radius 3 is 2.56 bits per heavy atom. The predicted molar refractivity (Wildman–Crippen MR) is 66.6 cm³/mol. The van der Waals surface area contributed by atoms with Crippen LogP contribution < -0.4 is 9.47 Å². The van der Waals surface area contributed by atoms with E-state index in [9.17, 15) is 5.26 Å². The van der Waals surface area contributed by atoms with Gasteiger partial charge in [0.25, 0.3) is 0 Å². The molecular formula is C14H16N2O2. The van der Waals surface area contributed by atoms with Crippen LogP contribution in [-0.2, 0) is 0 Å². The SMILES string of the molecule is N#CC(c1ccc2c(c1)OCCO2)N1CCCC1. The van der Waals surface area contributed by atoms with Crippen LogP contribution in [0, 0.1) is 11.3 Å². The molecule has 4 nitrogen and oxygen atoms in total. The molecule has 1 saturated heterocycles. The zero-order valence-electron chi connectivity index (χ0n) is 10.3. The average Bonchev–Trinajstić information content (AvgIpc) is 2.93. The summed E-state index contributed by atoms with van der Waals surface area (Å²) in [4.78, 5) is 2.23. The molecule has 2 aliphatic rings. The van der Waals surface area contributed by atoms with Crippen LogP contribution in [0.15, 0.2) is 18.2 Å². The molecule has 0 saturated carbocycles. The molecule has 0 aromatic heterocycles. The zero-order valence-corrected chi connectivity index (χ0v) is 10.3. The summed E-state index contributed by atoms with van der Waals surface area (Å²) in [5, 5.41) is 9.38. The first-order valence-electron chi connectivity index (χ1n) is 6.42. The largest absolute Gasteiger partial charge is 0.486 e. The fourth-order valence-corrected chi connectivity index (χ4v) is 2.60. The van der Waals surface area contributed by atoms with Crippen molar-refractivity contribution in [1.82, 2.24) is 4.90 Å². The van der Waals surface area contributed by atoms with Gasteiger partial charge in [0.15, 0.2) is 11.5 Å². The van der Waals surface area contributed by atoms with Crippen molar-refractivity contribution in [1.29, 1.82) is 5.26 Å². The third-order valence-electron chi connectivity index (χ3n) is 3.51. The summed E-state index contributed by atoms with van der Waals surface area (Å²) in [6.07, 6.45) is 2.37. The van der Waals surface area contributed by atoms with Crippen molar-refractivity contribution >= 4 is 0 Å². The maximum absolute atomic E-state index is 9.38. The molecule has 0 aliphatic carbocycles. The highest BCUT2D eigenvalue weighted by Crippen LogP contribution is 2.34. The Kier molecular flexibility index (Phi) is 3.07. The zero-order chi connectivity index (χ0) is 12.4. The number of nitriles is 1. The first kappa shape index (κ1) is 11.4. The van der Waals surface area contributed by atoms with Gasteiger partial charge in [-0.15, -0.1) is 0 Å². The number of hydrogen-bond acceptors (Lipinski definition) is 4. The van der Waals surface area contributed by atoms with E-state index in [-0.39, 0.29) is 6.04 Å². The van der Waals surface area contributed by atoms with Crippen LogP contribution in [0.2, 0.25) is 0 Å². The second kappa shape index (κ2) is 4.87. The van der Waals surface area contributed by atoms with E-state index in [0.29, 0.717) is 13.2 Å². The van der Waals surface area contributed by atoms with Crippen molar-refractivity contribution in [2.75, 3.05) is 26.3 Å². The van der Waals surface area contributed by atoms with Gasteiger partial charge in [-0.05, 0) is 43.6 Å². The molecule has 0 spiro atoms. The highest BCUT2D eigenvalue weighted by atomic mass is 16.6. The summed E-state index contributed by atoms with van der Waals surface area (Å²) in [5.41, 5.74) is 1.00. The second-order valence-corrected chi connectivity index (χ2v) is 4.68. The van der Waals surface area contributed by atoms with Crippen molar-refractivity contribution in [3.63, 3.8) is 0 Å². The van der Waals surface area contributed by atoms with Crippen LogP contribution in [0.25, 0.3) is 0 Å². The maximum atomic E-state index is 9.38. The molecule has 1 aromatic rings. The molecule has 18 heavy (non-hydrogen) atoms. The van der Waals surface area contributed by atoms with Crippen LogP contribution in [0.5, 0.6) is 11.5 Å². The van der Waals surface area contributed by atoms with E-state index in [1.165, 1.54) is 12.8 Å². The fourth-order valence-electron chi connectivity index (χ4n) is 2.60. The van der Waals surface area contributed by atoms with Crippen LogP contribution in [0.3, 0.4) is 0 Å². The molecule has 1 atom stereocenters. The molecule has 0 radical (unpaired) electrons. The van der Waals surface area contributed by atoms with E-state index in [1.807, 2.05) is 18.2 Å². The topological polar surface area (TPSA) is 45.5 Å². The number of benzene rings is 1. The number of rotatable bonds is 2. The molecule has 4 heteroatoms. The Morgan fingerprint density at radius 2 is 1.83 bits per heavy atom. The molecule has 2 heterocycles. The molecule has 0 N–H and O–H groups in total. The third kappa shape index (κ3) is 2.02. The molecule has 0 amide bonds. The molecule has 1 fully saturated rings. The number of fused-ring (bicyclic) bond motifs is 1. The summed E-state index contributed by atoms with van der Waals surface area (Å²) in [6.45, 7) is 3.19. The lowest BCUT2D eigenvalue weighted by atomic mass is 10.1. The monoisotopic (exact) mass is 244 g/mol. The Balaban J connectivity index is 1.88. The Hall–Kier alpha value is -1.73. The summed E-state index contributed by atoms with van der Waals surface area (Å²) >= 11 is 0. The van der Waals surface area contributed by atoms with E-state index < -0.39 is 0 Å². The van der Waals surface area contributed by atoms with Gasteiger partial charge in [-0.25, -0.2) is 0 Å². The Labute approximate surface area is 107 Å². The highest BCUT2D eigenvalue weighted by molar-refractivity contribution is 5.45. The van der Waals surface area contributed by atoms with Gasteiger partial charge in [0.1, 0.15) is 19.3 Å². The molecule has 2 aliphatic heterocycles. The van der Waals surface area contributed by atoms with E-state index in [0.717, 1.165) is 30.2 Å². The van der Waals surface area contributed by atoms with Crippen molar-refractivity contribution < 1.29 is 9.47 Å². The number of likely N-dealkylation sites (tertiary alicyclic amines) is 1. The lowest BCUT2D eigenvalue weighted by Crippen LogP contribution is -2.24. The first-order chi connectivity index (χ1) is 8.88. The molecule has 3 rings (SSSR count). The third-order valence-corrected chi connectivity index (χ3v) is 3.51. The number of hydrogen-bond donors (Lipinski definition) is 0. The van der Waals surface area contributed by atoms with Gasteiger partial charge >= 0.3 is 0 Å². The Morgan fingerprint density at radius 1 is 1.11 bits per heavy atom. The van der Waals surface area contributed by atoms with Gasteiger partial charge in [0.2, 0.25) is 0 Å². The second-order valence-electron chi connectivity index (χ2n) is 4.68. The smallest absolute Gasteiger partial charge is 0.161 e. The standard InChI is InChI=1S/C14H16N2O2/c15-10-12(16-5-1-2-6-16)11-3-4-13-14(9-11)18-8-7-17-13/h3-4,9,12H,1-2,5-8H2.